The third kappa shape index (κ3) is 1.58. The quantitative estimate of drug-likeness (QED) is 0.506. The fourth-order valence-corrected chi connectivity index (χ4v) is 1.63. The molecule has 0 saturated heterocycles. The number of carbonyl (C=O) groups excluding carboxylic acids is 2. The maximum absolute atomic E-state index is 11.5. The van der Waals surface area contributed by atoms with E-state index in [2.05, 4.69) is 4.74 Å². The second-order valence-electron chi connectivity index (χ2n) is 3.25. The maximum Gasteiger partial charge on any atom is 0.321 e. The van der Waals surface area contributed by atoms with E-state index in [0.717, 1.165) is 0 Å². The molecule has 0 aliphatic carbocycles. The summed E-state index contributed by atoms with van der Waals surface area (Å²) in [6.07, 6.45) is 0. The molecule has 78 valence electrons. The van der Waals surface area contributed by atoms with Gasteiger partial charge in [0.05, 0.1) is 7.11 Å². The molecule has 0 bridgehead atoms. The van der Waals surface area contributed by atoms with Crippen LogP contribution in [-0.2, 0) is 14.3 Å². The predicted octanol–water partition coefficient (Wildman–Crippen LogP) is 0.905. The van der Waals surface area contributed by atoms with Crippen LogP contribution in [0.15, 0.2) is 24.3 Å². The zero-order chi connectivity index (χ0) is 10.8. The molecule has 1 heterocycles. The van der Waals surface area contributed by atoms with Crippen molar-refractivity contribution in [2.75, 3.05) is 13.7 Å². The lowest BCUT2D eigenvalue weighted by atomic mass is 9.92. The van der Waals surface area contributed by atoms with Crippen LogP contribution in [0.3, 0.4) is 0 Å². The van der Waals surface area contributed by atoms with Crippen molar-refractivity contribution >= 4 is 11.8 Å². The second kappa shape index (κ2) is 3.73. The van der Waals surface area contributed by atoms with Crippen LogP contribution in [0.2, 0.25) is 0 Å². The van der Waals surface area contributed by atoms with Gasteiger partial charge in [0.25, 0.3) is 0 Å². The molecular formula is C11H10O4. The van der Waals surface area contributed by atoms with E-state index in [1.165, 1.54) is 7.11 Å². The van der Waals surface area contributed by atoms with Crippen molar-refractivity contribution in [2.24, 2.45) is 0 Å². The van der Waals surface area contributed by atoms with Crippen LogP contribution >= 0.6 is 0 Å². The fraction of sp³-hybridized carbons (Fsp3) is 0.273. The smallest absolute Gasteiger partial charge is 0.321 e. The lowest BCUT2D eigenvalue weighted by Crippen LogP contribution is -2.31. The molecule has 0 radical (unpaired) electrons. The number of ketones is 1. The van der Waals surface area contributed by atoms with Crippen molar-refractivity contribution < 1.29 is 19.1 Å². The highest BCUT2D eigenvalue weighted by Crippen LogP contribution is 2.31. The summed E-state index contributed by atoms with van der Waals surface area (Å²) in [6.45, 7) is -0.0726. The monoisotopic (exact) mass is 206 g/mol. The van der Waals surface area contributed by atoms with Crippen molar-refractivity contribution in [3.05, 3.63) is 29.8 Å². The number of fused-ring (bicyclic) bond motifs is 1. The first-order valence-electron chi connectivity index (χ1n) is 4.56. The van der Waals surface area contributed by atoms with E-state index in [4.69, 9.17) is 4.74 Å². The molecule has 0 amide bonds. The van der Waals surface area contributed by atoms with E-state index >= 15 is 0 Å². The van der Waals surface area contributed by atoms with Gasteiger partial charge in [-0.15, -0.1) is 0 Å². The second-order valence-corrected chi connectivity index (χ2v) is 3.25. The van der Waals surface area contributed by atoms with E-state index in [1.54, 1.807) is 24.3 Å². The largest absolute Gasteiger partial charge is 0.485 e. The SMILES string of the molecule is COC(=O)[C@H]1C(=O)COc2ccccc21. The molecule has 0 spiro atoms. The Labute approximate surface area is 86.8 Å². The predicted molar refractivity (Wildman–Crippen MR) is 51.7 cm³/mol. The highest BCUT2D eigenvalue weighted by Gasteiger charge is 2.35. The average Bonchev–Trinajstić information content (AvgIpc) is 2.28. The van der Waals surface area contributed by atoms with E-state index in [1.807, 2.05) is 0 Å². The van der Waals surface area contributed by atoms with Crippen LogP contribution in [-0.4, -0.2) is 25.5 Å². The summed E-state index contributed by atoms with van der Waals surface area (Å²) in [6, 6.07) is 6.99. The third-order valence-electron chi connectivity index (χ3n) is 2.36. The van der Waals surface area contributed by atoms with Crippen LogP contribution in [0.1, 0.15) is 11.5 Å². The van der Waals surface area contributed by atoms with Gasteiger partial charge in [0.15, 0.2) is 5.78 Å². The highest BCUT2D eigenvalue weighted by atomic mass is 16.5. The van der Waals surface area contributed by atoms with Crippen molar-refractivity contribution in [2.45, 2.75) is 5.92 Å². The average molecular weight is 206 g/mol. The molecule has 1 atom stereocenters. The molecule has 1 aliphatic heterocycles. The summed E-state index contributed by atoms with van der Waals surface area (Å²) < 4.78 is 9.80. The van der Waals surface area contributed by atoms with E-state index in [-0.39, 0.29) is 12.4 Å². The van der Waals surface area contributed by atoms with Gasteiger partial charge in [0.2, 0.25) is 0 Å². The van der Waals surface area contributed by atoms with Crippen LogP contribution in [0.25, 0.3) is 0 Å². The first-order valence-corrected chi connectivity index (χ1v) is 4.56. The van der Waals surface area contributed by atoms with Crippen molar-refractivity contribution in [3.8, 4) is 5.75 Å². The molecule has 1 aromatic carbocycles. The number of benzene rings is 1. The van der Waals surface area contributed by atoms with Gasteiger partial charge in [-0.3, -0.25) is 9.59 Å². The van der Waals surface area contributed by atoms with E-state index < -0.39 is 11.9 Å². The van der Waals surface area contributed by atoms with Gasteiger partial charge in [0.1, 0.15) is 18.3 Å². The molecule has 4 heteroatoms. The number of hydrogen-bond donors (Lipinski definition) is 0. The van der Waals surface area contributed by atoms with Crippen LogP contribution in [0.5, 0.6) is 5.75 Å². The summed E-state index contributed by atoms with van der Waals surface area (Å²) in [5, 5.41) is 0. The number of carbonyl (C=O) groups is 2. The van der Waals surface area contributed by atoms with Crippen LogP contribution in [0, 0.1) is 0 Å². The summed E-state index contributed by atoms with van der Waals surface area (Å²) >= 11 is 0. The Kier molecular flexibility index (Phi) is 2.41. The van der Waals surface area contributed by atoms with Gasteiger partial charge in [-0.25, -0.2) is 0 Å². The summed E-state index contributed by atoms with van der Waals surface area (Å²) in [5.41, 5.74) is 0.584. The molecule has 0 N–H and O–H groups in total. The van der Waals surface area contributed by atoms with Gasteiger partial charge >= 0.3 is 5.97 Å². The lowest BCUT2D eigenvalue weighted by Gasteiger charge is -2.22. The topological polar surface area (TPSA) is 52.6 Å². The van der Waals surface area contributed by atoms with Crippen molar-refractivity contribution in [3.63, 3.8) is 0 Å². The number of para-hydroxylation sites is 1. The first-order chi connectivity index (χ1) is 7.24. The van der Waals surface area contributed by atoms with Gasteiger partial charge in [-0.1, -0.05) is 18.2 Å². The molecule has 2 rings (SSSR count). The number of rotatable bonds is 1. The minimum atomic E-state index is -0.833. The Morgan fingerprint density at radius 1 is 1.47 bits per heavy atom. The summed E-state index contributed by atoms with van der Waals surface area (Å²) in [7, 11) is 1.27. The molecule has 0 unspecified atom stereocenters. The van der Waals surface area contributed by atoms with Crippen molar-refractivity contribution in [1.82, 2.24) is 0 Å². The van der Waals surface area contributed by atoms with E-state index in [0.29, 0.717) is 11.3 Å². The van der Waals surface area contributed by atoms with Gasteiger partial charge in [-0.05, 0) is 6.07 Å². The number of ether oxygens (including phenoxy) is 2. The van der Waals surface area contributed by atoms with Crippen molar-refractivity contribution in [1.29, 1.82) is 0 Å². The van der Waals surface area contributed by atoms with Crippen LogP contribution in [0.4, 0.5) is 0 Å². The standard InChI is InChI=1S/C11H10O4/c1-14-11(13)10-7-4-2-3-5-9(7)15-6-8(10)12/h2-5,10H,6H2,1H3/t10-/m1/s1. The molecule has 1 aromatic rings. The molecule has 4 nitrogen and oxygen atoms in total. The minimum absolute atomic E-state index is 0.0726. The number of Topliss-reactive ketones (excluding diaryl/α,β-unsaturated/α-hetero) is 1. The molecule has 1 aliphatic rings. The lowest BCUT2D eigenvalue weighted by molar-refractivity contribution is -0.146. The molecule has 0 aromatic heterocycles. The summed E-state index contributed by atoms with van der Waals surface area (Å²) in [4.78, 5) is 23.0. The molecule has 0 fully saturated rings. The minimum Gasteiger partial charge on any atom is -0.485 e. The fourth-order valence-electron chi connectivity index (χ4n) is 1.63. The Morgan fingerprint density at radius 2 is 2.20 bits per heavy atom. The van der Waals surface area contributed by atoms with Gasteiger partial charge < -0.3 is 9.47 Å². The number of esters is 1. The van der Waals surface area contributed by atoms with Crippen LogP contribution < -0.4 is 4.74 Å². The Hall–Kier alpha value is -1.84. The third-order valence-corrected chi connectivity index (χ3v) is 2.36. The zero-order valence-corrected chi connectivity index (χ0v) is 8.23. The number of methoxy groups -OCH3 is 1. The molecule has 0 saturated carbocycles. The Bertz CT molecular complexity index is 411. The first kappa shape index (κ1) is 9.71. The highest BCUT2D eigenvalue weighted by molar-refractivity contribution is 6.06. The number of hydrogen-bond acceptors (Lipinski definition) is 4. The molecule has 15 heavy (non-hydrogen) atoms. The Balaban J connectivity index is 2.46. The maximum atomic E-state index is 11.5. The van der Waals surface area contributed by atoms with Gasteiger partial charge in [0, 0.05) is 5.56 Å². The zero-order valence-electron chi connectivity index (χ0n) is 8.23. The normalized spacial score (nSPS) is 19.0. The summed E-state index contributed by atoms with van der Waals surface area (Å²) in [5.74, 6) is -1.05. The van der Waals surface area contributed by atoms with E-state index in [9.17, 15) is 9.59 Å². The molecular weight excluding hydrogens is 196 g/mol. The Morgan fingerprint density at radius 3 is 2.93 bits per heavy atom. The van der Waals surface area contributed by atoms with Gasteiger partial charge in [-0.2, -0.15) is 0 Å².